The fourth-order valence-electron chi connectivity index (χ4n) is 6.89. The number of carbonyl (C=O) groups excluding carboxylic acids is 3. The van der Waals surface area contributed by atoms with Crippen LogP contribution in [0.3, 0.4) is 0 Å². The molecule has 0 bridgehead atoms. The number of aldehydes is 1. The molecular weight excluding hydrogens is 625 g/mol. The standard InChI is InChI=1S/C36H42FN9O3/c1-3-30-34-25(15-40-46(34)23-17-45(18-23)16-21-6-4-8-27(37)26(21)19-47)24-7-5-9-28(33(24)44(30)2)42-29(32(39)36(49)41-22-12-13-22)14-31(38)43-35(48)20-10-11-20/h4-9,14-15,19-20,22-23,30,42H,3,10-13,16-18,38-39H2,1-2H3,(H,41,49)(H,43,48)/b31-14+,32-29+. The van der Waals surface area contributed by atoms with Crippen molar-refractivity contribution in [2.45, 2.75) is 63.7 Å². The summed E-state index contributed by atoms with van der Waals surface area (Å²) in [6.07, 6.45) is 8.30. The molecule has 49 heavy (non-hydrogen) atoms. The molecule has 1 atom stereocenters. The maximum atomic E-state index is 14.2. The van der Waals surface area contributed by atoms with Crippen LogP contribution < -0.4 is 32.3 Å². The van der Waals surface area contributed by atoms with Crippen LogP contribution in [0.25, 0.3) is 11.1 Å². The number of hydrogen-bond donors (Lipinski definition) is 5. The van der Waals surface area contributed by atoms with Crippen molar-refractivity contribution in [1.82, 2.24) is 25.3 Å². The number of nitrogens with two attached hydrogens (primary N) is 2. The predicted molar refractivity (Wildman–Crippen MR) is 184 cm³/mol. The summed E-state index contributed by atoms with van der Waals surface area (Å²) in [5.74, 6) is -0.978. The Kier molecular flexibility index (Phi) is 8.61. The van der Waals surface area contributed by atoms with Crippen molar-refractivity contribution in [2.24, 2.45) is 17.4 Å². The third-order valence-electron chi connectivity index (χ3n) is 9.85. The first-order valence-electron chi connectivity index (χ1n) is 16.9. The van der Waals surface area contributed by atoms with Gasteiger partial charge in [0.2, 0.25) is 5.91 Å². The van der Waals surface area contributed by atoms with Crippen LogP contribution in [0.2, 0.25) is 0 Å². The number of para-hydroxylation sites is 1. The number of halogens is 1. The topological polar surface area (TPSA) is 164 Å². The van der Waals surface area contributed by atoms with Gasteiger partial charge in [-0.15, -0.1) is 0 Å². The fraction of sp³-hybridized carbons (Fsp3) is 0.389. The number of aromatic nitrogens is 2. The molecule has 1 unspecified atom stereocenters. The lowest BCUT2D eigenvalue weighted by Crippen LogP contribution is -2.48. The molecule has 2 aliphatic carbocycles. The molecular formula is C36H42FN9O3. The summed E-state index contributed by atoms with van der Waals surface area (Å²) in [5, 5.41) is 13.9. The van der Waals surface area contributed by atoms with E-state index in [0.717, 1.165) is 73.4 Å². The Hall–Kier alpha value is -5.17. The monoisotopic (exact) mass is 667 g/mol. The number of hydrogen-bond acceptors (Lipinski definition) is 9. The van der Waals surface area contributed by atoms with Crippen LogP contribution in [0, 0.1) is 11.7 Å². The molecule has 1 aromatic heterocycles. The highest BCUT2D eigenvalue weighted by Gasteiger charge is 2.38. The molecule has 0 radical (unpaired) electrons. The second-order valence-electron chi connectivity index (χ2n) is 13.5. The molecule has 4 aliphatic rings. The molecule has 13 heteroatoms. The van der Waals surface area contributed by atoms with Crippen molar-refractivity contribution in [3.05, 3.63) is 88.5 Å². The van der Waals surface area contributed by atoms with E-state index in [1.807, 2.05) is 25.4 Å². The molecule has 7 N–H and O–H groups in total. The van der Waals surface area contributed by atoms with Crippen molar-refractivity contribution in [2.75, 3.05) is 30.4 Å². The number of benzene rings is 2. The summed E-state index contributed by atoms with van der Waals surface area (Å²) in [5.41, 5.74) is 18.5. The van der Waals surface area contributed by atoms with Gasteiger partial charge >= 0.3 is 0 Å². The van der Waals surface area contributed by atoms with Crippen LogP contribution in [-0.2, 0) is 16.1 Å². The average Bonchev–Trinajstić information content (AvgIpc) is 4.01. The van der Waals surface area contributed by atoms with Gasteiger partial charge in [-0.3, -0.25) is 24.0 Å². The third kappa shape index (κ3) is 6.38. The van der Waals surface area contributed by atoms with Crippen LogP contribution in [-0.4, -0.2) is 59.0 Å². The zero-order valence-corrected chi connectivity index (χ0v) is 27.7. The van der Waals surface area contributed by atoms with E-state index >= 15 is 0 Å². The smallest absolute Gasteiger partial charge is 0.269 e. The lowest BCUT2D eigenvalue weighted by Gasteiger charge is -2.43. The summed E-state index contributed by atoms with van der Waals surface area (Å²) >= 11 is 0. The zero-order valence-electron chi connectivity index (χ0n) is 27.7. The minimum atomic E-state index is -0.501. The maximum absolute atomic E-state index is 14.2. The Morgan fingerprint density at radius 2 is 1.82 bits per heavy atom. The number of anilines is 2. The number of rotatable bonds is 12. The van der Waals surface area contributed by atoms with Gasteiger partial charge in [-0.1, -0.05) is 31.2 Å². The molecule has 256 valence electrons. The quantitative estimate of drug-likeness (QED) is 0.110. The summed E-state index contributed by atoms with van der Waals surface area (Å²) < 4.78 is 16.3. The van der Waals surface area contributed by atoms with E-state index in [9.17, 15) is 18.8 Å². The predicted octanol–water partition coefficient (Wildman–Crippen LogP) is 3.65. The summed E-state index contributed by atoms with van der Waals surface area (Å²) in [6.45, 7) is 4.07. The zero-order chi connectivity index (χ0) is 34.4. The van der Waals surface area contributed by atoms with Crippen LogP contribution >= 0.6 is 0 Å². The fourth-order valence-corrected chi connectivity index (χ4v) is 6.89. The number of allylic oxidation sites excluding steroid dienone is 1. The van der Waals surface area contributed by atoms with Gasteiger partial charge in [0.1, 0.15) is 17.3 Å². The second-order valence-corrected chi connectivity index (χ2v) is 13.5. The van der Waals surface area contributed by atoms with Gasteiger partial charge < -0.3 is 32.3 Å². The minimum absolute atomic E-state index is 0.00623. The average molecular weight is 668 g/mol. The Balaban J connectivity index is 1.17. The summed E-state index contributed by atoms with van der Waals surface area (Å²) in [7, 11) is 2.04. The van der Waals surface area contributed by atoms with Gasteiger partial charge in [-0.2, -0.15) is 5.10 Å². The van der Waals surface area contributed by atoms with Gasteiger partial charge in [-0.25, -0.2) is 4.39 Å². The van der Waals surface area contributed by atoms with Gasteiger partial charge in [-0.05, 0) is 49.8 Å². The molecule has 1 saturated heterocycles. The SMILES string of the molecule is CCC1c2c(cnn2C2CN(Cc3cccc(F)c3C=O)C2)-c2cccc(NC(/C=C(\N)NC(=O)C3CC3)=C(/N)C(=O)NC3CC3)c2N1C. The summed E-state index contributed by atoms with van der Waals surface area (Å²) in [4.78, 5) is 41.4. The van der Waals surface area contributed by atoms with E-state index in [2.05, 4.69) is 43.4 Å². The van der Waals surface area contributed by atoms with E-state index < -0.39 is 11.7 Å². The highest BCUT2D eigenvalue weighted by Crippen LogP contribution is 2.49. The van der Waals surface area contributed by atoms with Crippen molar-refractivity contribution >= 4 is 29.5 Å². The van der Waals surface area contributed by atoms with Gasteiger partial charge in [0, 0.05) is 55.8 Å². The molecule has 2 saturated carbocycles. The Labute approximate surface area is 284 Å². The number of amides is 2. The molecule has 0 spiro atoms. The van der Waals surface area contributed by atoms with Crippen LogP contribution in [0.5, 0.6) is 0 Å². The maximum Gasteiger partial charge on any atom is 0.269 e. The third-order valence-corrected chi connectivity index (χ3v) is 9.85. The molecule has 12 nitrogen and oxygen atoms in total. The highest BCUT2D eigenvalue weighted by molar-refractivity contribution is 5.96. The minimum Gasteiger partial charge on any atom is -0.393 e. The molecule has 2 amide bonds. The van der Waals surface area contributed by atoms with Crippen molar-refractivity contribution < 1.29 is 18.8 Å². The molecule has 3 aromatic rings. The molecule has 3 heterocycles. The Morgan fingerprint density at radius 1 is 1.06 bits per heavy atom. The first-order chi connectivity index (χ1) is 23.7. The highest BCUT2D eigenvalue weighted by atomic mass is 19.1. The van der Waals surface area contributed by atoms with E-state index in [4.69, 9.17) is 16.6 Å². The molecule has 7 rings (SSSR count). The second kappa shape index (κ2) is 13.0. The summed E-state index contributed by atoms with van der Waals surface area (Å²) in [6, 6.07) is 10.9. The van der Waals surface area contributed by atoms with Crippen molar-refractivity contribution in [3.63, 3.8) is 0 Å². The Bertz CT molecular complexity index is 1870. The normalized spacial score (nSPS) is 19.7. The Morgan fingerprint density at radius 3 is 2.51 bits per heavy atom. The van der Waals surface area contributed by atoms with Gasteiger partial charge in [0.05, 0.1) is 46.6 Å². The molecule has 2 aromatic carbocycles. The van der Waals surface area contributed by atoms with Crippen LogP contribution in [0.15, 0.2) is 65.9 Å². The largest absolute Gasteiger partial charge is 0.393 e. The van der Waals surface area contributed by atoms with E-state index in [1.54, 1.807) is 12.1 Å². The lowest BCUT2D eigenvalue weighted by atomic mass is 9.91. The van der Waals surface area contributed by atoms with Gasteiger partial charge in [0.25, 0.3) is 5.91 Å². The van der Waals surface area contributed by atoms with E-state index in [-0.39, 0.29) is 52.7 Å². The van der Waals surface area contributed by atoms with Crippen LogP contribution in [0.4, 0.5) is 15.8 Å². The van der Waals surface area contributed by atoms with Crippen LogP contribution in [0.1, 0.15) is 72.7 Å². The molecule has 3 fully saturated rings. The number of nitrogens with one attached hydrogen (secondary N) is 3. The number of nitrogens with zero attached hydrogens (tertiary/aromatic N) is 4. The van der Waals surface area contributed by atoms with E-state index in [0.29, 0.717) is 18.4 Å². The van der Waals surface area contributed by atoms with Crippen molar-refractivity contribution in [1.29, 1.82) is 0 Å². The van der Waals surface area contributed by atoms with Crippen molar-refractivity contribution in [3.8, 4) is 11.1 Å². The first kappa shape index (κ1) is 32.4. The first-order valence-corrected chi connectivity index (χ1v) is 16.9. The lowest BCUT2D eigenvalue weighted by molar-refractivity contribution is -0.121. The van der Waals surface area contributed by atoms with E-state index in [1.165, 1.54) is 12.1 Å². The number of carbonyl (C=O) groups is 3. The number of likely N-dealkylation sites (tertiary alicyclic amines) is 1. The van der Waals surface area contributed by atoms with Gasteiger partial charge in [0.15, 0.2) is 6.29 Å². The number of fused-ring (bicyclic) bond motifs is 3. The molecule has 2 aliphatic heterocycles.